The lowest BCUT2D eigenvalue weighted by atomic mass is 10.0. The highest BCUT2D eigenvalue weighted by Gasteiger charge is 2.21. The number of rotatable bonds is 6. The Bertz CT molecular complexity index is 496. The number of hydrogen-bond acceptors (Lipinski definition) is 3. The van der Waals surface area contributed by atoms with Crippen molar-refractivity contribution in [1.82, 2.24) is 5.32 Å². The van der Waals surface area contributed by atoms with Crippen LogP contribution >= 0.6 is 0 Å². The highest BCUT2D eigenvalue weighted by atomic mass is 16.5. The molecule has 0 radical (unpaired) electrons. The number of urea groups is 1. The molecule has 22 heavy (non-hydrogen) atoms. The van der Waals surface area contributed by atoms with E-state index in [0.717, 1.165) is 12.8 Å². The Hall–Kier alpha value is -1.75. The van der Waals surface area contributed by atoms with Crippen LogP contribution in [0.4, 0.5) is 10.5 Å². The largest absolute Gasteiger partial charge is 0.488 e. The molecule has 2 amide bonds. The molecule has 0 aromatic heterocycles. The van der Waals surface area contributed by atoms with Crippen LogP contribution in [0.2, 0.25) is 0 Å². The molecule has 1 aliphatic carbocycles. The van der Waals surface area contributed by atoms with Crippen LogP contribution in [0.25, 0.3) is 0 Å². The number of carbonyl (C=O) groups is 1. The van der Waals surface area contributed by atoms with Crippen LogP contribution in [-0.2, 0) is 0 Å². The van der Waals surface area contributed by atoms with Crippen LogP contribution in [0, 0.1) is 0 Å². The second-order valence-corrected chi connectivity index (χ2v) is 6.46. The van der Waals surface area contributed by atoms with Gasteiger partial charge in [-0.25, -0.2) is 4.79 Å². The van der Waals surface area contributed by atoms with Crippen molar-refractivity contribution in [1.29, 1.82) is 0 Å². The van der Waals surface area contributed by atoms with Gasteiger partial charge >= 0.3 is 6.03 Å². The molecule has 0 saturated heterocycles. The minimum Gasteiger partial charge on any atom is -0.488 e. The maximum Gasteiger partial charge on any atom is 0.319 e. The number of aliphatic hydroxyl groups is 1. The van der Waals surface area contributed by atoms with E-state index in [0.29, 0.717) is 17.9 Å². The summed E-state index contributed by atoms with van der Waals surface area (Å²) in [5.41, 5.74) is 0.215. The molecule has 1 aromatic carbocycles. The molecule has 1 fully saturated rings. The standard InChI is InChI=1S/C17H26N2O3/c1-17(2,11-12-20)19-16(21)18-14-9-5-6-10-15(14)22-13-7-3-4-8-13/h5-6,9-10,13,20H,3-4,7-8,11-12H2,1-2H3,(H2,18,19,21). The van der Waals surface area contributed by atoms with Crippen LogP contribution in [0.1, 0.15) is 46.0 Å². The fourth-order valence-electron chi connectivity index (χ4n) is 2.66. The van der Waals surface area contributed by atoms with Crippen LogP contribution < -0.4 is 15.4 Å². The molecule has 1 aliphatic rings. The first-order valence-electron chi connectivity index (χ1n) is 7.96. The number of ether oxygens (including phenoxy) is 1. The van der Waals surface area contributed by atoms with E-state index >= 15 is 0 Å². The average molecular weight is 306 g/mol. The van der Waals surface area contributed by atoms with E-state index in [2.05, 4.69) is 10.6 Å². The Kier molecular flexibility index (Phi) is 5.66. The molecule has 0 bridgehead atoms. The van der Waals surface area contributed by atoms with E-state index in [9.17, 15) is 4.79 Å². The topological polar surface area (TPSA) is 70.6 Å². The van der Waals surface area contributed by atoms with Gasteiger partial charge < -0.3 is 20.5 Å². The molecule has 1 saturated carbocycles. The van der Waals surface area contributed by atoms with Crippen molar-refractivity contribution < 1.29 is 14.6 Å². The van der Waals surface area contributed by atoms with Crippen LogP contribution in [0.15, 0.2) is 24.3 Å². The fourth-order valence-corrected chi connectivity index (χ4v) is 2.66. The number of hydrogen-bond donors (Lipinski definition) is 3. The highest BCUT2D eigenvalue weighted by molar-refractivity contribution is 5.91. The first kappa shape index (κ1) is 16.6. The summed E-state index contributed by atoms with van der Waals surface area (Å²) in [6, 6.07) is 7.20. The van der Waals surface area contributed by atoms with E-state index < -0.39 is 5.54 Å². The minimum atomic E-state index is -0.458. The van der Waals surface area contributed by atoms with Crippen molar-refractivity contribution in [3.8, 4) is 5.75 Å². The van der Waals surface area contributed by atoms with E-state index in [-0.39, 0.29) is 18.7 Å². The number of benzene rings is 1. The van der Waals surface area contributed by atoms with Gasteiger partial charge in [-0.1, -0.05) is 12.1 Å². The monoisotopic (exact) mass is 306 g/mol. The number of anilines is 1. The normalized spacial score (nSPS) is 15.6. The summed E-state index contributed by atoms with van der Waals surface area (Å²) in [4.78, 5) is 12.1. The Morgan fingerprint density at radius 2 is 2.00 bits per heavy atom. The lowest BCUT2D eigenvalue weighted by molar-refractivity contribution is 0.209. The number of para-hydroxylation sites is 2. The van der Waals surface area contributed by atoms with Crippen molar-refractivity contribution in [3.63, 3.8) is 0 Å². The smallest absolute Gasteiger partial charge is 0.319 e. The van der Waals surface area contributed by atoms with Gasteiger partial charge in [0, 0.05) is 12.1 Å². The molecule has 2 rings (SSSR count). The summed E-state index contributed by atoms with van der Waals surface area (Å²) >= 11 is 0. The third-order valence-electron chi connectivity index (χ3n) is 3.92. The SMILES string of the molecule is CC(C)(CCO)NC(=O)Nc1ccccc1OC1CCCC1. The molecule has 0 unspecified atom stereocenters. The maximum atomic E-state index is 12.1. The zero-order valence-electron chi connectivity index (χ0n) is 13.4. The third kappa shape index (κ3) is 4.91. The first-order chi connectivity index (χ1) is 10.5. The van der Waals surface area contributed by atoms with Crippen LogP contribution in [0.5, 0.6) is 5.75 Å². The maximum absolute atomic E-state index is 12.1. The van der Waals surface area contributed by atoms with Crippen molar-refractivity contribution >= 4 is 11.7 Å². The van der Waals surface area contributed by atoms with Crippen molar-refractivity contribution in [2.45, 2.75) is 57.6 Å². The van der Waals surface area contributed by atoms with E-state index in [1.807, 2.05) is 38.1 Å². The second-order valence-electron chi connectivity index (χ2n) is 6.46. The first-order valence-corrected chi connectivity index (χ1v) is 7.96. The van der Waals surface area contributed by atoms with Crippen molar-refractivity contribution in [2.75, 3.05) is 11.9 Å². The molecule has 5 heteroatoms. The molecular formula is C17H26N2O3. The van der Waals surface area contributed by atoms with Crippen LogP contribution in [0.3, 0.4) is 0 Å². The second kappa shape index (κ2) is 7.49. The number of carbonyl (C=O) groups excluding carboxylic acids is 1. The van der Waals surface area contributed by atoms with Gasteiger partial charge in [-0.2, -0.15) is 0 Å². The van der Waals surface area contributed by atoms with Gasteiger partial charge in [0.25, 0.3) is 0 Å². The van der Waals surface area contributed by atoms with Gasteiger partial charge in [0.15, 0.2) is 0 Å². The quantitative estimate of drug-likeness (QED) is 0.755. The molecule has 0 aliphatic heterocycles. The predicted molar refractivity (Wildman–Crippen MR) is 87.3 cm³/mol. The Labute approximate surface area is 132 Å². The minimum absolute atomic E-state index is 0.0364. The summed E-state index contributed by atoms with van der Waals surface area (Å²) in [5.74, 6) is 0.713. The zero-order valence-corrected chi connectivity index (χ0v) is 13.4. The number of aliphatic hydroxyl groups excluding tert-OH is 1. The summed E-state index contributed by atoms with van der Waals surface area (Å²) in [6.07, 6.45) is 5.30. The van der Waals surface area contributed by atoms with Gasteiger partial charge in [0.05, 0.1) is 11.8 Å². The molecule has 1 aromatic rings. The molecule has 0 heterocycles. The lowest BCUT2D eigenvalue weighted by Crippen LogP contribution is -2.46. The average Bonchev–Trinajstić information content (AvgIpc) is 2.93. The van der Waals surface area contributed by atoms with E-state index in [1.54, 1.807) is 0 Å². The Balaban J connectivity index is 1.98. The van der Waals surface area contributed by atoms with Gasteiger partial charge in [-0.15, -0.1) is 0 Å². The fraction of sp³-hybridized carbons (Fsp3) is 0.588. The molecule has 0 spiro atoms. The Morgan fingerprint density at radius 1 is 1.32 bits per heavy atom. The zero-order chi connectivity index (χ0) is 16.0. The van der Waals surface area contributed by atoms with Gasteiger partial charge in [0.2, 0.25) is 0 Å². The molecule has 5 nitrogen and oxygen atoms in total. The van der Waals surface area contributed by atoms with Gasteiger partial charge in [0.1, 0.15) is 5.75 Å². The molecule has 3 N–H and O–H groups in total. The van der Waals surface area contributed by atoms with Crippen LogP contribution in [-0.4, -0.2) is 29.4 Å². The van der Waals surface area contributed by atoms with Gasteiger partial charge in [-0.3, -0.25) is 0 Å². The molecular weight excluding hydrogens is 280 g/mol. The number of nitrogens with one attached hydrogen (secondary N) is 2. The molecule has 0 atom stereocenters. The Morgan fingerprint density at radius 3 is 2.68 bits per heavy atom. The van der Waals surface area contributed by atoms with E-state index in [4.69, 9.17) is 9.84 Å². The van der Waals surface area contributed by atoms with Crippen molar-refractivity contribution in [3.05, 3.63) is 24.3 Å². The number of amides is 2. The third-order valence-corrected chi connectivity index (χ3v) is 3.92. The highest BCUT2D eigenvalue weighted by Crippen LogP contribution is 2.29. The lowest BCUT2D eigenvalue weighted by Gasteiger charge is -2.26. The summed E-state index contributed by atoms with van der Waals surface area (Å²) in [5, 5.41) is 14.7. The van der Waals surface area contributed by atoms with Crippen molar-refractivity contribution in [2.24, 2.45) is 0 Å². The summed E-state index contributed by atoms with van der Waals surface area (Å²) < 4.78 is 6.00. The summed E-state index contributed by atoms with van der Waals surface area (Å²) in [7, 11) is 0. The van der Waals surface area contributed by atoms with E-state index in [1.165, 1.54) is 12.8 Å². The van der Waals surface area contributed by atoms with Gasteiger partial charge in [-0.05, 0) is 58.1 Å². The molecule has 122 valence electrons. The summed E-state index contributed by atoms with van der Waals surface area (Å²) in [6.45, 7) is 3.79. The predicted octanol–water partition coefficient (Wildman–Crippen LogP) is 3.29.